The fourth-order valence-corrected chi connectivity index (χ4v) is 4.10. The number of para-hydroxylation sites is 1. The fourth-order valence-electron chi connectivity index (χ4n) is 4.10. The summed E-state index contributed by atoms with van der Waals surface area (Å²) in [7, 11) is 1.55. The normalized spacial score (nSPS) is 15.1. The Bertz CT molecular complexity index is 1380. The molecule has 2 aromatic carbocycles. The van der Waals surface area contributed by atoms with E-state index in [1.54, 1.807) is 67.9 Å². The van der Waals surface area contributed by atoms with Crippen LogP contribution in [0.4, 0.5) is 5.82 Å². The summed E-state index contributed by atoms with van der Waals surface area (Å²) < 4.78 is 17.1. The van der Waals surface area contributed by atoms with Gasteiger partial charge in [0.15, 0.2) is 16.9 Å². The Morgan fingerprint density at radius 3 is 2.59 bits per heavy atom. The average Bonchev–Trinajstić information content (AvgIpc) is 3.13. The molecule has 1 aliphatic heterocycles. The van der Waals surface area contributed by atoms with E-state index in [0.717, 1.165) is 0 Å². The molecule has 0 bridgehead atoms. The molecule has 2 aromatic heterocycles. The van der Waals surface area contributed by atoms with Gasteiger partial charge in [-0.2, -0.15) is 0 Å². The molecule has 0 saturated heterocycles. The molecule has 0 N–H and O–H groups in total. The molecule has 1 atom stereocenters. The van der Waals surface area contributed by atoms with E-state index in [2.05, 4.69) is 4.98 Å². The molecule has 1 unspecified atom stereocenters. The molecule has 4 aromatic rings. The number of hydrogen-bond donors (Lipinski definition) is 0. The second-order valence-corrected chi connectivity index (χ2v) is 7.28. The summed E-state index contributed by atoms with van der Waals surface area (Å²) in [5, 5.41) is 0.421. The third-order valence-electron chi connectivity index (χ3n) is 5.48. The van der Waals surface area contributed by atoms with Crippen molar-refractivity contribution < 1.29 is 18.7 Å². The quantitative estimate of drug-likeness (QED) is 0.470. The Hall–Kier alpha value is -4.13. The minimum absolute atomic E-state index is 0.0252. The summed E-state index contributed by atoms with van der Waals surface area (Å²) in [5.74, 6) is 1.12. The summed E-state index contributed by atoms with van der Waals surface area (Å²) in [6.45, 7) is 2.37. The monoisotopic (exact) mass is 428 g/mol. The van der Waals surface area contributed by atoms with E-state index in [9.17, 15) is 9.59 Å². The summed E-state index contributed by atoms with van der Waals surface area (Å²) >= 11 is 0. The van der Waals surface area contributed by atoms with Gasteiger partial charge < -0.3 is 13.9 Å². The first-order valence-electron chi connectivity index (χ1n) is 10.2. The summed E-state index contributed by atoms with van der Waals surface area (Å²) in [6, 6.07) is 16.9. The van der Waals surface area contributed by atoms with Crippen LogP contribution in [0.3, 0.4) is 0 Å². The minimum atomic E-state index is -0.724. The lowest BCUT2D eigenvalue weighted by atomic mass is 9.98. The molecule has 3 heterocycles. The zero-order valence-corrected chi connectivity index (χ0v) is 17.6. The van der Waals surface area contributed by atoms with Gasteiger partial charge in [0.2, 0.25) is 5.76 Å². The number of fused-ring (bicyclic) bond motifs is 2. The molecule has 7 nitrogen and oxygen atoms in total. The Labute approximate surface area is 183 Å². The Balaban J connectivity index is 1.78. The van der Waals surface area contributed by atoms with Crippen molar-refractivity contribution in [3.05, 3.63) is 94.0 Å². The van der Waals surface area contributed by atoms with Crippen LogP contribution in [-0.4, -0.2) is 24.6 Å². The van der Waals surface area contributed by atoms with Crippen molar-refractivity contribution in [3.63, 3.8) is 0 Å². The van der Waals surface area contributed by atoms with Gasteiger partial charge >= 0.3 is 0 Å². The van der Waals surface area contributed by atoms with E-state index >= 15 is 0 Å². The molecule has 7 heteroatoms. The lowest BCUT2D eigenvalue weighted by Crippen LogP contribution is -2.30. The first-order valence-corrected chi connectivity index (χ1v) is 10.2. The Morgan fingerprint density at radius 1 is 1.03 bits per heavy atom. The summed E-state index contributed by atoms with van der Waals surface area (Å²) in [5.41, 5.74) is 1.10. The standard InChI is InChI=1S/C25H20N2O5/c1-3-31-18-12-11-15(14-19(18)30-2)22-21-23(28)16-8-4-5-9-17(16)32-24(21)25(29)27(22)20-10-6-7-13-26-20/h4-14,22H,3H2,1-2H3. The number of rotatable bonds is 5. The van der Waals surface area contributed by atoms with E-state index < -0.39 is 11.9 Å². The Morgan fingerprint density at radius 2 is 1.84 bits per heavy atom. The van der Waals surface area contributed by atoms with Gasteiger partial charge in [-0.1, -0.05) is 24.3 Å². The third-order valence-corrected chi connectivity index (χ3v) is 5.48. The van der Waals surface area contributed by atoms with Crippen molar-refractivity contribution >= 4 is 22.7 Å². The second kappa shape index (κ2) is 7.85. The van der Waals surface area contributed by atoms with Gasteiger partial charge in [-0.15, -0.1) is 0 Å². The first-order chi connectivity index (χ1) is 15.6. The van der Waals surface area contributed by atoms with Gasteiger partial charge in [-0.25, -0.2) is 4.98 Å². The van der Waals surface area contributed by atoms with Gasteiger partial charge in [-0.3, -0.25) is 14.5 Å². The van der Waals surface area contributed by atoms with Crippen LogP contribution in [-0.2, 0) is 0 Å². The molecule has 0 aliphatic carbocycles. The lowest BCUT2D eigenvalue weighted by Gasteiger charge is -2.24. The molecule has 0 radical (unpaired) electrons. The Kier molecular flexibility index (Phi) is 4.86. The van der Waals surface area contributed by atoms with Crippen molar-refractivity contribution in [2.75, 3.05) is 18.6 Å². The molecular formula is C25H20N2O5. The summed E-state index contributed by atoms with van der Waals surface area (Å²) in [4.78, 5) is 32.9. The maximum atomic E-state index is 13.5. The molecule has 32 heavy (non-hydrogen) atoms. The molecule has 1 amide bonds. The topological polar surface area (TPSA) is 81.9 Å². The van der Waals surface area contributed by atoms with Crippen LogP contribution in [0.1, 0.15) is 34.6 Å². The number of pyridine rings is 1. The highest BCUT2D eigenvalue weighted by Crippen LogP contribution is 2.42. The smallest absolute Gasteiger partial charge is 0.296 e. The van der Waals surface area contributed by atoms with Crippen LogP contribution in [0.25, 0.3) is 11.0 Å². The highest BCUT2D eigenvalue weighted by molar-refractivity contribution is 6.10. The molecule has 0 fully saturated rings. The maximum Gasteiger partial charge on any atom is 0.296 e. The van der Waals surface area contributed by atoms with Crippen LogP contribution in [0, 0.1) is 0 Å². The number of ether oxygens (including phenoxy) is 2. The first kappa shape index (κ1) is 19.8. The molecule has 160 valence electrons. The number of benzene rings is 2. The number of nitrogens with zero attached hydrogens (tertiary/aromatic N) is 2. The predicted molar refractivity (Wildman–Crippen MR) is 120 cm³/mol. The van der Waals surface area contributed by atoms with E-state index in [0.29, 0.717) is 40.5 Å². The largest absolute Gasteiger partial charge is 0.493 e. The zero-order chi connectivity index (χ0) is 22.2. The average molecular weight is 428 g/mol. The highest BCUT2D eigenvalue weighted by Gasteiger charge is 2.44. The van der Waals surface area contributed by atoms with Gasteiger partial charge in [0.05, 0.1) is 30.7 Å². The molecule has 5 rings (SSSR count). The maximum absolute atomic E-state index is 13.5. The second-order valence-electron chi connectivity index (χ2n) is 7.28. The van der Waals surface area contributed by atoms with Crippen molar-refractivity contribution in [2.45, 2.75) is 13.0 Å². The number of carbonyl (C=O) groups is 1. The van der Waals surface area contributed by atoms with E-state index in [-0.39, 0.29) is 16.8 Å². The van der Waals surface area contributed by atoms with Crippen LogP contribution in [0.15, 0.2) is 76.1 Å². The van der Waals surface area contributed by atoms with Crippen molar-refractivity contribution in [1.29, 1.82) is 0 Å². The molecule has 1 aliphatic rings. The summed E-state index contributed by atoms with van der Waals surface area (Å²) in [6.07, 6.45) is 1.60. The van der Waals surface area contributed by atoms with Gasteiger partial charge in [0, 0.05) is 6.20 Å². The SMILES string of the molecule is CCOc1ccc(C2c3c(oc4ccccc4c3=O)C(=O)N2c2ccccn2)cc1OC. The molecule has 0 saturated carbocycles. The predicted octanol–water partition coefficient (Wildman–Crippen LogP) is 4.35. The molecule has 0 spiro atoms. The van der Waals surface area contributed by atoms with E-state index in [1.165, 1.54) is 4.90 Å². The van der Waals surface area contributed by atoms with Gasteiger partial charge in [-0.05, 0) is 48.9 Å². The number of carbonyl (C=O) groups excluding carboxylic acids is 1. The minimum Gasteiger partial charge on any atom is -0.493 e. The van der Waals surface area contributed by atoms with Crippen molar-refractivity contribution in [1.82, 2.24) is 4.98 Å². The van der Waals surface area contributed by atoms with Crippen molar-refractivity contribution in [2.24, 2.45) is 0 Å². The third kappa shape index (κ3) is 3.01. The van der Waals surface area contributed by atoms with Crippen LogP contribution < -0.4 is 19.8 Å². The highest BCUT2D eigenvalue weighted by atomic mass is 16.5. The number of hydrogen-bond acceptors (Lipinski definition) is 6. The number of methoxy groups -OCH3 is 1. The van der Waals surface area contributed by atoms with Crippen molar-refractivity contribution in [3.8, 4) is 11.5 Å². The lowest BCUT2D eigenvalue weighted by molar-refractivity contribution is 0.0970. The van der Waals surface area contributed by atoms with E-state index in [1.807, 2.05) is 13.0 Å². The fraction of sp³-hybridized carbons (Fsp3) is 0.160. The van der Waals surface area contributed by atoms with Crippen LogP contribution in [0.5, 0.6) is 11.5 Å². The number of anilines is 1. The zero-order valence-electron chi connectivity index (χ0n) is 17.6. The van der Waals surface area contributed by atoms with Crippen LogP contribution >= 0.6 is 0 Å². The van der Waals surface area contributed by atoms with Crippen LogP contribution in [0.2, 0.25) is 0 Å². The van der Waals surface area contributed by atoms with Gasteiger partial charge in [0.25, 0.3) is 5.91 Å². The molecular weight excluding hydrogens is 408 g/mol. The number of aromatic nitrogens is 1. The van der Waals surface area contributed by atoms with Gasteiger partial charge in [0.1, 0.15) is 11.4 Å². The van der Waals surface area contributed by atoms with E-state index in [4.69, 9.17) is 13.9 Å². The number of amides is 1.